The van der Waals surface area contributed by atoms with Crippen molar-refractivity contribution in [1.29, 1.82) is 0 Å². The lowest BCUT2D eigenvalue weighted by Gasteiger charge is -2.07. The standard InChI is InChI=1S/C19H22/c1-3-4-6-9-17-12-14-19(15-13-17)16(2)18-10-7-5-8-11-18/h5,7-8,10-15H,2-4,6,9H2,1H3. The predicted molar refractivity (Wildman–Crippen MR) is 84.2 cm³/mol. The molecular formula is C19H22. The van der Waals surface area contributed by atoms with Gasteiger partial charge in [0.15, 0.2) is 0 Å². The highest BCUT2D eigenvalue weighted by Crippen LogP contribution is 2.21. The molecule has 2 rings (SSSR count). The van der Waals surface area contributed by atoms with E-state index in [0.29, 0.717) is 0 Å². The maximum atomic E-state index is 4.20. The summed E-state index contributed by atoms with van der Waals surface area (Å²) in [7, 11) is 0. The van der Waals surface area contributed by atoms with Crippen molar-refractivity contribution in [3.63, 3.8) is 0 Å². The second-order valence-corrected chi connectivity index (χ2v) is 5.00. The quantitative estimate of drug-likeness (QED) is 0.595. The van der Waals surface area contributed by atoms with E-state index in [0.717, 1.165) is 5.57 Å². The van der Waals surface area contributed by atoms with Crippen molar-refractivity contribution < 1.29 is 0 Å². The molecule has 0 atom stereocenters. The molecule has 0 heteroatoms. The fourth-order valence-electron chi connectivity index (χ4n) is 2.26. The Morgan fingerprint density at radius 3 is 2.11 bits per heavy atom. The van der Waals surface area contributed by atoms with Crippen molar-refractivity contribution >= 4 is 5.57 Å². The van der Waals surface area contributed by atoms with Crippen molar-refractivity contribution in [3.05, 3.63) is 77.9 Å². The molecule has 2 aromatic rings. The normalized spacial score (nSPS) is 10.4. The average molecular weight is 250 g/mol. The first-order valence-electron chi connectivity index (χ1n) is 7.15. The van der Waals surface area contributed by atoms with Gasteiger partial charge in [-0.25, -0.2) is 0 Å². The van der Waals surface area contributed by atoms with E-state index in [4.69, 9.17) is 0 Å². The summed E-state index contributed by atoms with van der Waals surface area (Å²) in [6, 6.07) is 19.2. The van der Waals surface area contributed by atoms with Crippen LogP contribution in [0, 0.1) is 0 Å². The SMILES string of the molecule is C=C(c1ccccc1)c1ccc(CCCCC)cc1. The van der Waals surface area contributed by atoms with Gasteiger partial charge >= 0.3 is 0 Å². The number of rotatable bonds is 6. The molecule has 0 saturated heterocycles. The van der Waals surface area contributed by atoms with Crippen molar-refractivity contribution in [3.8, 4) is 0 Å². The third-order valence-corrected chi connectivity index (χ3v) is 3.49. The van der Waals surface area contributed by atoms with Gasteiger partial charge in [-0.15, -0.1) is 0 Å². The van der Waals surface area contributed by atoms with Crippen molar-refractivity contribution in [2.45, 2.75) is 32.6 Å². The second-order valence-electron chi connectivity index (χ2n) is 5.00. The van der Waals surface area contributed by atoms with Crippen LogP contribution in [0.1, 0.15) is 42.9 Å². The molecule has 0 spiro atoms. The van der Waals surface area contributed by atoms with Gasteiger partial charge in [0, 0.05) is 0 Å². The number of benzene rings is 2. The average Bonchev–Trinajstić information content (AvgIpc) is 2.48. The molecule has 0 aromatic heterocycles. The maximum Gasteiger partial charge on any atom is -0.0183 e. The Bertz CT molecular complexity index is 505. The summed E-state index contributed by atoms with van der Waals surface area (Å²) < 4.78 is 0. The highest BCUT2D eigenvalue weighted by atomic mass is 14.1. The van der Waals surface area contributed by atoms with Gasteiger partial charge in [-0.3, -0.25) is 0 Å². The first-order chi connectivity index (χ1) is 9.31. The molecule has 0 unspecified atom stereocenters. The fraction of sp³-hybridized carbons (Fsp3) is 0.263. The van der Waals surface area contributed by atoms with Gasteiger partial charge in [-0.1, -0.05) is 80.9 Å². The Morgan fingerprint density at radius 2 is 1.47 bits per heavy atom. The summed E-state index contributed by atoms with van der Waals surface area (Å²) in [4.78, 5) is 0. The lowest BCUT2D eigenvalue weighted by molar-refractivity contribution is 0.717. The Hall–Kier alpha value is -1.82. The summed E-state index contributed by atoms with van der Waals surface area (Å²) >= 11 is 0. The second kappa shape index (κ2) is 6.94. The van der Waals surface area contributed by atoms with Crippen molar-refractivity contribution in [1.82, 2.24) is 0 Å². The Labute approximate surface area is 116 Å². The number of aryl methyl sites for hydroxylation is 1. The zero-order chi connectivity index (χ0) is 13.5. The van der Waals surface area contributed by atoms with Crippen LogP contribution in [0.15, 0.2) is 61.2 Å². The first kappa shape index (κ1) is 13.6. The number of unbranched alkanes of at least 4 members (excludes halogenated alkanes) is 2. The highest BCUT2D eigenvalue weighted by Gasteiger charge is 2.01. The minimum atomic E-state index is 1.10. The Morgan fingerprint density at radius 1 is 0.842 bits per heavy atom. The van der Waals surface area contributed by atoms with E-state index < -0.39 is 0 Å². The molecule has 0 heterocycles. The highest BCUT2D eigenvalue weighted by molar-refractivity contribution is 5.77. The lowest BCUT2D eigenvalue weighted by Crippen LogP contribution is -1.89. The molecule has 0 bridgehead atoms. The minimum absolute atomic E-state index is 1.10. The number of hydrogen-bond acceptors (Lipinski definition) is 0. The topological polar surface area (TPSA) is 0 Å². The van der Waals surface area contributed by atoms with E-state index in [2.05, 4.69) is 62.0 Å². The monoisotopic (exact) mass is 250 g/mol. The van der Waals surface area contributed by atoms with Crippen LogP contribution >= 0.6 is 0 Å². The molecule has 19 heavy (non-hydrogen) atoms. The van der Waals surface area contributed by atoms with Gasteiger partial charge in [0.1, 0.15) is 0 Å². The van der Waals surface area contributed by atoms with E-state index in [-0.39, 0.29) is 0 Å². The Kier molecular flexibility index (Phi) is 4.97. The fourth-order valence-corrected chi connectivity index (χ4v) is 2.26. The van der Waals surface area contributed by atoms with Gasteiger partial charge in [-0.2, -0.15) is 0 Å². The van der Waals surface area contributed by atoms with Crippen LogP contribution in [-0.4, -0.2) is 0 Å². The van der Waals surface area contributed by atoms with Crippen LogP contribution < -0.4 is 0 Å². The lowest BCUT2D eigenvalue weighted by atomic mass is 9.97. The van der Waals surface area contributed by atoms with Gasteiger partial charge < -0.3 is 0 Å². The van der Waals surface area contributed by atoms with E-state index in [1.165, 1.54) is 42.4 Å². The first-order valence-corrected chi connectivity index (χ1v) is 7.15. The minimum Gasteiger partial charge on any atom is -0.0906 e. The van der Waals surface area contributed by atoms with Gasteiger partial charge in [0.2, 0.25) is 0 Å². The molecule has 0 amide bonds. The zero-order valence-electron chi connectivity index (χ0n) is 11.7. The molecule has 0 fully saturated rings. The molecular weight excluding hydrogens is 228 g/mol. The third-order valence-electron chi connectivity index (χ3n) is 3.49. The van der Waals surface area contributed by atoms with Gasteiger partial charge in [-0.05, 0) is 35.1 Å². The van der Waals surface area contributed by atoms with Gasteiger partial charge in [0.05, 0.1) is 0 Å². The molecule has 0 aliphatic heterocycles. The van der Waals surface area contributed by atoms with Crippen LogP contribution in [0.4, 0.5) is 0 Å². The molecule has 0 radical (unpaired) electrons. The van der Waals surface area contributed by atoms with Gasteiger partial charge in [0.25, 0.3) is 0 Å². The molecule has 0 aliphatic carbocycles. The van der Waals surface area contributed by atoms with E-state index in [9.17, 15) is 0 Å². The summed E-state index contributed by atoms with van der Waals surface area (Å²) in [6.07, 6.45) is 5.07. The van der Waals surface area contributed by atoms with Crippen LogP contribution in [0.3, 0.4) is 0 Å². The maximum absolute atomic E-state index is 4.20. The van der Waals surface area contributed by atoms with E-state index >= 15 is 0 Å². The Balaban J connectivity index is 2.04. The largest absolute Gasteiger partial charge is 0.0906 e. The molecule has 0 aliphatic rings. The summed E-state index contributed by atoms with van der Waals surface area (Å²) in [5.74, 6) is 0. The van der Waals surface area contributed by atoms with E-state index in [1.54, 1.807) is 0 Å². The summed E-state index contributed by atoms with van der Waals surface area (Å²) in [5.41, 5.74) is 4.94. The summed E-state index contributed by atoms with van der Waals surface area (Å²) in [6.45, 7) is 6.44. The molecule has 0 nitrogen and oxygen atoms in total. The zero-order valence-corrected chi connectivity index (χ0v) is 11.7. The molecule has 98 valence electrons. The van der Waals surface area contributed by atoms with Crippen molar-refractivity contribution in [2.75, 3.05) is 0 Å². The van der Waals surface area contributed by atoms with Crippen molar-refractivity contribution in [2.24, 2.45) is 0 Å². The summed E-state index contributed by atoms with van der Waals surface area (Å²) in [5, 5.41) is 0. The predicted octanol–water partition coefficient (Wildman–Crippen LogP) is 5.48. The van der Waals surface area contributed by atoms with Crippen LogP contribution in [0.2, 0.25) is 0 Å². The molecule has 2 aromatic carbocycles. The number of hydrogen-bond donors (Lipinski definition) is 0. The molecule has 0 saturated carbocycles. The van der Waals surface area contributed by atoms with Crippen LogP contribution in [-0.2, 0) is 6.42 Å². The van der Waals surface area contributed by atoms with Crippen LogP contribution in [0.5, 0.6) is 0 Å². The van der Waals surface area contributed by atoms with E-state index in [1.807, 2.05) is 6.07 Å². The third kappa shape index (κ3) is 3.82. The smallest absolute Gasteiger partial charge is 0.0183 e. The molecule has 0 N–H and O–H groups in total. The van der Waals surface area contributed by atoms with Crippen LogP contribution in [0.25, 0.3) is 5.57 Å².